The normalized spacial score (nSPS) is 27.0. The Hall–Kier alpha value is -2.44. The summed E-state index contributed by atoms with van der Waals surface area (Å²) in [6.07, 6.45) is 6.01. The van der Waals surface area contributed by atoms with Gasteiger partial charge in [0.2, 0.25) is 5.91 Å². The number of aliphatic hydroxyl groups is 1. The first kappa shape index (κ1) is 25.2. The fraction of sp³-hybridized carbons (Fsp3) is 0.567. The van der Waals surface area contributed by atoms with E-state index in [2.05, 4.69) is 30.7 Å². The molecular formula is C30H40FN3O2. The first-order chi connectivity index (χ1) is 17.2. The van der Waals surface area contributed by atoms with Crippen molar-refractivity contribution in [2.75, 3.05) is 36.5 Å². The van der Waals surface area contributed by atoms with Gasteiger partial charge in [0, 0.05) is 49.0 Å². The molecule has 1 N–H and O–H groups in total. The van der Waals surface area contributed by atoms with E-state index >= 15 is 0 Å². The molecule has 6 heteroatoms. The number of halogens is 1. The third-order valence-electron chi connectivity index (χ3n) is 8.90. The van der Waals surface area contributed by atoms with Crippen molar-refractivity contribution < 1.29 is 14.3 Å². The Bertz CT molecular complexity index is 1070. The molecule has 3 unspecified atom stereocenters. The Morgan fingerprint density at radius 2 is 1.67 bits per heavy atom. The van der Waals surface area contributed by atoms with Crippen LogP contribution in [-0.4, -0.2) is 54.7 Å². The number of amides is 1. The number of carbonyl (C=O) groups is 1. The predicted octanol–water partition coefficient (Wildman–Crippen LogP) is 5.10. The molecule has 0 aromatic heterocycles. The molecule has 3 aliphatic rings. The van der Waals surface area contributed by atoms with E-state index in [1.165, 1.54) is 0 Å². The van der Waals surface area contributed by atoms with E-state index in [4.69, 9.17) is 0 Å². The Morgan fingerprint density at radius 3 is 2.33 bits per heavy atom. The number of anilines is 2. The summed E-state index contributed by atoms with van der Waals surface area (Å²) in [5.41, 5.74) is 3.10. The summed E-state index contributed by atoms with van der Waals surface area (Å²) in [5.74, 6) is -0.297. The third-order valence-corrected chi connectivity index (χ3v) is 8.90. The van der Waals surface area contributed by atoms with Crippen molar-refractivity contribution >= 4 is 17.3 Å². The molecule has 2 aromatic rings. The second-order valence-corrected chi connectivity index (χ2v) is 11.4. The topological polar surface area (TPSA) is 47.0 Å². The molecule has 3 atom stereocenters. The van der Waals surface area contributed by atoms with Gasteiger partial charge in [0.1, 0.15) is 5.82 Å². The van der Waals surface area contributed by atoms with E-state index in [0.29, 0.717) is 25.0 Å². The maximum atomic E-state index is 14.4. The van der Waals surface area contributed by atoms with Gasteiger partial charge in [-0.2, -0.15) is 0 Å². The van der Waals surface area contributed by atoms with Crippen LogP contribution in [0.1, 0.15) is 63.5 Å². The number of hydrogen-bond acceptors (Lipinski definition) is 4. The molecule has 194 valence electrons. The number of nitrogens with zero attached hydrogens (tertiary/aromatic N) is 3. The van der Waals surface area contributed by atoms with Crippen LogP contribution in [0.4, 0.5) is 15.8 Å². The van der Waals surface area contributed by atoms with E-state index in [-0.39, 0.29) is 17.6 Å². The maximum absolute atomic E-state index is 14.4. The molecule has 1 amide bonds. The van der Waals surface area contributed by atoms with E-state index in [1.807, 2.05) is 35.2 Å². The molecule has 3 fully saturated rings. The summed E-state index contributed by atoms with van der Waals surface area (Å²) in [7, 11) is 2.16. The highest BCUT2D eigenvalue weighted by atomic mass is 19.1. The van der Waals surface area contributed by atoms with Crippen molar-refractivity contribution in [3.05, 3.63) is 59.4 Å². The van der Waals surface area contributed by atoms with Gasteiger partial charge < -0.3 is 14.9 Å². The van der Waals surface area contributed by atoms with Gasteiger partial charge in [-0.3, -0.25) is 9.69 Å². The lowest BCUT2D eigenvalue weighted by molar-refractivity contribution is -0.123. The maximum Gasteiger partial charge on any atom is 0.230 e. The van der Waals surface area contributed by atoms with Crippen LogP contribution in [-0.2, 0) is 16.8 Å². The highest BCUT2D eigenvalue weighted by Gasteiger charge is 2.35. The van der Waals surface area contributed by atoms with Crippen molar-refractivity contribution in [1.29, 1.82) is 0 Å². The molecule has 2 heterocycles. The Balaban J connectivity index is 1.34. The number of rotatable bonds is 5. The van der Waals surface area contributed by atoms with Gasteiger partial charge in [0.15, 0.2) is 0 Å². The number of hydrogen-bond donors (Lipinski definition) is 1. The van der Waals surface area contributed by atoms with Crippen LogP contribution in [0.2, 0.25) is 0 Å². The summed E-state index contributed by atoms with van der Waals surface area (Å²) in [6.45, 7) is 6.93. The molecule has 5 rings (SSSR count). The first-order valence-corrected chi connectivity index (χ1v) is 13.6. The molecule has 1 saturated carbocycles. The molecule has 2 saturated heterocycles. The van der Waals surface area contributed by atoms with Gasteiger partial charge in [-0.25, -0.2) is 4.39 Å². The van der Waals surface area contributed by atoms with Gasteiger partial charge in [-0.1, -0.05) is 25.0 Å². The Morgan fingerprint density at radius 1 is 1.00 bits per heavy atom. The van der Waals surface area contributed by atoms with Crippen LogP contribution < -0.4 is 9.80 Å². The minimum Gasteiger partial charge on any atom is -0.385 e. The van der Waals surface area contributed by atoms with Gasteiger partial charge in [-0.15, -0.1) is 0 Å². The Labute approximate surface area is 214 Å². The fourth-order valence-corrected chi connectivity index (χ4v) is 6.49. The number of carbonyl (C=O) groups excluding carboxylic acids is 1. The predicted molar refractivity (Wildman–Crippen MR) is 143 cm³/mol. The standard InChI is InChI=1S/C30H40FN3O2/c1-21-19-33(20-22(2)32(21)3)28-13-10-26(31)18-24(28)17-23-7-6-16-34(29(23)35)27-11-8-25(9-12-27)30(36)14-4-5-15-30/h8-13,18,21-23,36H,4-7,14-17,19-20H2,1-3H3. The summed E-state index contributed by atoms with van der Waals surface area (Å²) in [5, 5.41) is 10.9. The van der Waals surface area contributed by atoms with E-state index in [0.717, 1.165) is 74.1 Å². The van der Waals surface area contributed by atoms with Crippen molar-refractivity contribution in [3.63, 3.8) is 0 Å². The molecule has 0 radical (unpaired) electrons. The molecule has 5 nitrogen and oxygen atoms in total. The first-order valence-electron chi connectivity index (χ1n) is 13.6. The highest BCUT2D eigenvalue weighted by Crippen LogP contribution is 2.39. The second kappa shape index (κ2) is 10.1. The molecule has 2 aliphatic heterocycles. The summed E-state index contributed by atoms with van der Waals surface area (Å²) >= 11 is 0. The number of piperidine rings is 1. The van der Waals surface area contributed by atoms with Crippen LogP contribution in [0.25, 0.3) is 0 Å². The molecule has 0 spiro atoms. The number of piperazine rings is 1. The summed E-state index contributed by atoms with van der Waals surface area (Å²) < 4.78 is 14.4. The van der Waals surface area contributed by atoms with Crippen LogP contribution in [0.3, 0.4) is 0 Å². The molecule has 2 aromatic carbocycles. The van der Waals surface area contributed by atoms with Gasteiger partial charge in [0.25, 0.3) is 0 Å². The lowest BCUT2D eigenvalue weighted by Crippen LogP contribution is -2.55. The molecule has 0 bridgehead atoms. The summed E-state index contributed by atoms with van der Waals surface area (Å²) in [6, 6.07) is 13.8. The van der Waals surface area contributed by atoms with Crippen molar-refractivity contribution in [1.82, 2.24) is 4.90 Å². The minimum absolute atomic E-state index is 0.115. The average molecular weight is 494 g/mol. The zero-order chi connectivity index (χ0) is 25.4. The van der Waals surface area contributed by atoms with Crippen LogP contribution in [0.15, 0.2) is 42.5 Å². The van der Waals surface area contributed by atoms with Crippen molar-refractivity contribution in [2.45, 2.75) is 76.5 Å². The summed E-state index contributed by atoms with van der Waals surface area (Å²) in [4.78, 5) is 20.3. The lowest BCUT2D eigenvalue weighted by Gasteiger charge is -2.44. The zero-order valence-corrected chi connectivity index (χ0v) is 21.9. The smallest absolute Gasteiger partial charge is 0.230 e. The fourth-order valence-electron chi connectivity index (χ4n) is 6.49. The van der Waals surface area contributed by atoms with E-state index < -0.39 is 5.60 Å². The van der Waals surface area contributed by atoms with E-state index in [9.17, 15) is 14.3 Å². The average Bonchev–Trinajstić information content (AvgIpc) is 3.31. The lowest BCUT2D eigenvalue weighted by atomic mass is 9.88. The van der Waals surface area contributed by atoms with Gasteiger partial charge in [0.05, 0.1) is 5.60 Å². The van der Waals surface area contributed by atoms with Crippen molar-refractivity contribution in [2.24, 2.45) is 5.92 Å². The third kappa shape index (κ3) is 4.90. The van der Waals surface area contributed by atoms with Gasteiger partial charge >= 0.3 is 0 Å². The highest BCUT2D eigenvalue weighted by molar-refractivity contribution is 5.96. The molecule has 36 heavy (non-hydrogen) atoms. The second-order valence-electron chi connectivity index (χ2n) is 11.4. The van der Waals surface area contributed by atoms with Crippen molar-refractivity contribution in [3.8, 4) is 0 Å². The number of likely N-dealkylation sites (N-methyl/N-ethyl adjacent to an activating group) is 1. The molecule has 1 aliphatic carbocycles. The monoisotopic (exact) mass is 493 g/mol. The van der Waals surface area contributed by atoms with Crippen LogP contribution >= 0.6 is 0 Å². The number of benzene rings is 2. The molecular weight excluding hydrogens is 453 g/mol. The Kier molecular flexibility index (Phi) is 7.10. The zero-order valence-electron chi connectivity index (χ0n) is 21.9. The minimum atomic E-state index is -0.723. The van der Waals surface area contributed by atoms with Crippen LogP contribution in [0.5, 0.6) is 0 Å². The van der Waals surface area contributed by atoms with Crippen LogP contribution in [0, 0.1) is 11.7 Å². The quantitative estimate of drug-likeness (QED) is 0.630. The van der Waals surface area contributed by atoms with E-state index in [1.54, 1.807) is 12.1 Å². The van der Waals surface area contributed by atoms with Gasteiger partial charge in [-0.05, 0) is 94.5 Å². The SMILES string of the molecule is CC1CN(c2ccc(F)cc2CC2CCCN(c3ccc(C4(O)CCCC4)cc3)C2=O)CC(C)N1C. The largest absolute Gasteiger partial charge is 0.385 e.